The highest BCUT2D eigenvalue weighted by Gasteiger charge is 2.19. The van der Waals surface area contributed by atoms with E-state index in [1.165, 1.54) is 11.3 Å². The average Bonchev–Trinajstić information content (AvgIpc) is 2.90. The molecule has 2 rings (SSSR count). The van der Waals surface area contributed by atoms with E-state index >= 15 is 0 Å². The zero-order valence-electron chi connectivity index (χ0n) is 12.9. The molecule has 0 aliphatic carbocycles. The summed E-state index contributed by atoms with van der Waals surface area (Å²) in [6, 6.07) is 5.28. The van der Waals surface area contributed by atoms with Gasteiger partial charge in [0.2, 0.25) is 0 Å². The van der Waals surface area contributed by atoms with Gasteiger partial charge in [0.25, 0.3) is 0 Å². The molecule has 0 saturated heterocycles. The Morgan fingerprint density at radius 3 is 2.73 bits per heavy atom. The number of nitrogen functional groups attached to an aromatic ring is 1. The third-order valence-electron chi connectivity index (χ3n) is 3.02. The van der Waals surface area contributed by atoms with Crippen molar-refractivity contribution in [1.29, 1.82) is 0 Å². The van der Waals surface area contributed by atoms with Crippen LogP contribution in [0.4, 0.5) is 5.69 Å². The molecule has 0 radical (unpaired) electrons. The summed E-state index contributed by atoms with van der Waals surface area (Å²) in [6.07, 6.45) is 0.704. The minimum atomic E-state index is -0.967. The van der Waals surface area contributed by atoms with Gasteiger partial charge >= 0.3 is 5.97 Å². The zero-order chi connectivity index (χ0) is 16.3. The van der Waals surface area contributed by atoms with Crippen LogP contribution in [-0.2, 0) is 6.42 Å². The highest BCUT2D eigenvalue weighted by Crippen LogP contribution is 2.33. The number of ether oxygens (including phenoxy) is 1. The fraction of sp³-hybridized carbons (Fsp3) is 0.375. The average molecular weight is 320 g/mol. The lowest BCUT2D eigenvalue weighted by atomic mass is 10.1. The summed E-state index contributed by atoms with van der Waals surface area (Å²) in [6.45, 7) is 6.66. The van der Waals surface area contributed by atoms with Crippen molar-refractivity contribution in [3.8, 4) is 17.0 Å². The van der Waals surface area contributed by atoms with Gasteiger partial charge in [0.1, 0.15) is 10.6 Å². The maximum Gasteiger partial charge on any atom is 0.348 e. The Morgan fingerprint density at radius 2 is 2.18 bits per heavy atom. The molecule has 0 saturated carbocycles. The highest BCUT2D eigenvalue weighted by molar-refractivity contribution is 7.14. The summed E-state index contributed by atoms with van der Waals surface area (Å²) in [7, 11) is 0. The van der Waals surface area contributed by atoms with E-state index in [-0.39, 0.29) is 4.88 Å². The summed E-state index contributed by atoms with van der Waals surface area (Å²) in [5.74, 6) is 0.0505. The molecule has 0 bridgehead atoms. The van der Waals surface area contributed by atoms with Crippen LogP contribution in [0.3, 0.4) is 0 Å². The molecule has 0 aliphatic rings. The molecule has 0 spiro atoms. The summed E-state index contributed by atoms with van der Waals surface area (Å²) in [5, 5.41) is 10.1. The van der Waals surface area contributed by atoms with Gasteiger partial charge < -0.3 is 15.6 Å². The van der Waals surface area contributed by atoms with E-state index in [0.717, 1.165) is 5.01 Å². The van der Waals surface area contributed by atoms with Gasteiger partial charge in [-0.1, -0.05) is 20.8 Å². The smallest absolute Gasteiger partial charge is 0.348 e. The molecule has 118 valence electrons. The SMILES string of the molecule is CCc1nc(-c2ccc(OCC(C)C)c(N)c2)c(C(=O)O)s1. The number of thiazole rings is 1. The molecule has 5 nitrogen and oxygen atoms in total. The number of aromatic carboxylic acids is 1. The summed E-state index contributed by atoms with van der Waals surface area (Å²) >= 11 is 1.20. The minimum Gasteiger partial charge on any atom is -0.491 e. The van der Waals surface area contributed by atoms with Crippen molar-refractivity contribution in [2.75, 3.05) is 12.3 Å². The second-order valence-electron chi connectivity index (χ2n) is 5.40. The van der Waals surface area contributed by atoms with Gasteiger partial charge in [0, 0.05) is 5.56 Å². The number of aryl methyl sites for hydroxylation is 1. The van der Waals surface area contributed by atoms with Gasteiger partial charge in [-0.15, -0.1) is 11.3 Å². The first-order valence-corrected chi connectivity index (χ1v) is 7.99. The van der Waals surface area contributed by atoms with Crippen LogP contribution in [-0.4, -0.2) is 22.7 Å². The van der Waals surface area contributed by atoms with Crippen molar-refractivity contribution < 1.29 is 14.6 Å². The predicted molar refractivity (Wildman–Crippen MR) is 88.6 cm³/mol. The Balaban J connectivity index is 2.35. The van der Waals surface area contributed by atoms with E-state index < -0.39 is 5.97 Å². The number of carboxylic acids is 1. The van der Waals surface area contributed by atoms with Crippen LogP contribution in [0.15, 0.2) is 18.2 Å². The van der Waals surface area contributed by atoms with Crippen molar-refractivity contribution in [3.05, 3.63) is 28.1 Å². The van der Waals surface area contributed by atoms with Crippen molar-refractivity contribution >= 4 is 23.0 Å². The fourth-order valence-corrected chi connectivity index (χ4v) is 2.80. The first-order valence-electron chi connectivity index (χ1n) is 7.18. The Labute approximate surface area is 133 Å². The fourth-order valence-electron chi connectivity index (χ4n) is 1.94. The van der Waals surface area contributed by atoms with Crippen molar-refractivity contribution in [2.45, 2.75) is 27.2 Å². The first kappa shape index (κ1) is 16.3. The molecule has 0 aliphatic heterocycles. The number of hydrogen-bond acceptors (Lipinski definition) is 5. The number of carbonyl (C=O) groups is 1. The van der Waals surface area contributed by atoms with Crippen LogP contribution in [0.1, 0.15) is 35.5 Å². The summed E-state index contributed by atoms with van der Waals surface area (Å²) in [5.41, 5.74) is 7.67. The molecule has 0 atom stereocenters. The van der Waals surface area contributed by atoms with Gasteiger partial charge in [0.15, 0.2) is 0 Å². The molecule has 0 fully saturated rings. The van der Waals surface area contributed by atoms with Crippen LogP contribution in [0.5, 0.6) is 5.75 Å². The van der Waals surface area contributed by atoms with E-state index in [9.17, 15) is 9.90 Å². The van der Waals surface area contributed by atoms with E-state index in [0.29, 0.717) is 41.6 Å². The molecule has 0 unspecified atom stereocenters. The second kappa shape index (κ2) is 6.79. The molecular weight excluding hydrogens is 300 g/mol. The molecule has 1 aromatic heterocycles. The van der Waals surface area contributed by atoms with Gasteiger partial charge in [-0.2, -0.15) is 0 Å². The summed E-state index contributed by atoms with van der Waals surface area (Å²) < 4.78 is 5.63. The predicted octanol–water partition coefficient (Wildman–Crippen LogP) is 3.69. The molecule has 1 heterocycles. The number of nitrogens with zero attached hydrogens (tertiary/aromatic N) is 1. The molecule has 22 heavy (non-hydrogen) atoms. The van der Waals surface area contributed by atoms with Gasteiger partial charge in [-0.3, -0.25) is 0 Å². The van der Waals surface area contributed by atoms with Crippen molar-refractivity contribution in [3.63, 3.8) is 0 Å². The summed E-state index contributed by atoms with van der Waals surface area (Å²) in [4.78, 5) is 16.0. The number of benzene rings is 1. The third-order valence-corrected chi connectivity index (χ3v) is 4.21. The number of hydrogen-bond donors (Lipinski definition) is 2. The molecule has 2 aromatic rings. The van der Waals surface area contributed by atoms with Crippen LogP contribution in [0.25, 0.3) is 11.3 Å². The minimum absolute atomic E-state index is 0.243. The first-order chi connectivity index (χ1) is 10.4. The Kier molecular flexibility index (Phi) is 5.03. The van der Waals surface area contributed by atoms with Crippen LogP contribution in [0.2, 0.25) is 0 Å². The molecular formula is C16H20N2O3S. The maximum atomic E-state index is 11.4. The van der Waals surface area contributed by atoms with Crippen LogP contribution >= 0.6 is 11.3 Å². The van der Waals surface area contributed by atoms with Crippen LogP contribution in [0, 0.1) is 5.92 Å². The monoisotopic (exact) mass is 320 g/mol. The number of aromatic nitrogens is 1. The topological polar surface area (TPSA) is 85.4 Å². The van der Waals surface area contributed by atoms with E-state index in [4.69, 9.17) is 10.5 Å². The van der Waals surface area contributed by atoms with Crippen LogP contribution < -0.4 is 10.5 Å². The van der Waals surface area contributed by atoms with Crippen molar-refractivity contribution in [1.82, 2.24) is 4.98 Å². The van der Waals surface area contributed by atoms with Gasteiger partial charge in [-0.25, -0.2) is 9.78 Å². The number of carboxylic acid groups (broad SMARTS) is 1. The molecule has 6 heteroatoms. The lowest BCUT2D eigenvalue weighted by Crippen LogP contribution is -2.06. The van der Waals surface area contributed by atoms with E-state index in [1.807, 2.05) is 6.92 Å². The molecule has 0 amide bonds. The quantitative estimate of drug-likeness (QED) is 0.793. The van der Waals surface area contributed by atoms with Gasteiger partial charge in [0.05, 0.1) is 23.0 Å². The normalized spacial score (nSPS) is 10.9. The van der Waals surface area contributed by atoms with Crippen molar-refractivity contribution in [2.24, 2.45) is 5.92 Å². The lowest BCUT2D eigenvalue weighted by molar-refractivity contribution is 0.0702. The highest BCUT2D eigenvalue weighted by atomic mass is 32.1. The largest absolute Gasteiger partial charge is 0.491 e. The van der Waals surface area contributed by atoms with Gasteiger partial charge in [-0.05, 0) is 30.5 Å². The van der Waals surface area contributed by atoms with E-state index in [1.54, 1.807) is 18.2 Å². The Morgan fingerprint density at radius 1 is 1.45 bits per heavy atom. The molecule has 3 N–H and O–H groups in total. The maximum absolute atomic E-state index is 11.4. The Bertz CT molecular complexity index is 680. The zero-order valence-corrected chi connectivity index (χ0v) is 13.7. The lowest BCUT2D eigenvalue weighted by Gasteiger charge is -2.11. The Hall–Kier alpha value is -2.08. The van der Waals surface area contributed by atoms with E-state index in [2.05, 4.69) is 18.8 Å². The second-order valence-corrected chi connectivity index (χ2v) is 6.49. The molecule has 1 aromatic carbocycles. The third kappa shape index (κ3) is 3.57. The number of nitrogens with two attached hydrogens (primary N) is 1. The number of rotatable bonds is 6. The number of anilines is 1. The standard InChI is InChI=1S/C16H20N2O3S/c1-4-13-18-14(15(22-13)16(19)20)10-5-6-12(11(17)7-10)21-8-9(2)3/h5-7,9H,4,8,17H2,1-3H3,(H,19,20).